The highest BCUT2D eigenvalue weighted by Crippen LogP contribution is 2.20. The van der Waals surface area contributed by atoms with Crippen LogP contribution in [-0.4, -0.2) is 32.3 Å². The van der Waals surface area contributed by atoms with Gasteiger partial charge in [-0.3, -0.25) is 19.6 Å². The summed E-state index contributed by atoms with van der Waals surface area (Å²) in [6.07, 6.45) is 0. The molecule has 1 amide bonds. The number of hydrogen-bond acceptors (Lipinski definition) is 6. The maximum absolute atomic E-state index is 12.8. The Balaban J connectivity index is 1.62. The maximum atomic E-state index is 12.8. The molecule has 3 aromatic rings. The van der Waals surface area contributed by atoms with Crippen LogP contribution in [0.1, 0.15) is 21.5 Å². The van der Waals surface area contributed by atoms with Crippen LogP contribution in [0.25, 0.3) is 0 Å². The van der Waals surface area contributed by atoms with Crippen LogP contribution >= 0.6 is 0 Å². The van der Waals surface area contributed by atoms with Crippen LogP contribution in [0.4, 0.5) is 17.1 Å². The number of anilines is 2. The molecule has 0 heterocycles. The SMILES string of the molecule is Cc1cccc(NS(=O)(=O)c2ccc(C)c(C(=O)NCCNc3ccc([N+](=O)[O-])cc3)c2)c1. The monoisotopic (exact) mass is 468 g/mol. The normalized spacial score (nSPS) is 11.0. The van der Waals surface area contributed by atoms with Crippen LogP contribution in [0.5, 0.6) is 0 Å². The molecule has 0 unspecified atom stereocenters. The zero-order valence-corrected chi connectivity index (χ0v) is 19.0. The molecule has 0 bridgehead atoms. The molecule has 0 radical (unpaired) electrons. The number of nitrogens with zero attached hydrogens (tertiary/aromatic N) is 1. The van der Waals surface area contributed by atoms with Gasteiger partial charge in [-0.05, 0) is 61.4 Å². The Labute approximate surface area is 192 Å². The van der Waals surface area contributed by atoms with Crippen LogP contribution in [0.2, 0.25) is 0 Å². The van der Waals surface area contributed by atoms with Gasteiger partial charge in [-0.25, -0.2) is 8.42 Å². The van der Waals surface area contributed by atoms with E-state index in [4.69, 9.17) is 0 Å². The molecule has 3 rings (SSSR count). The lowest BCUT2D eigenvalue weighted by Gasteiger charge is -2.12. The van der Waals surface area contributed by atoms with Gasteiger partial charge in [0.1, 0.15) is 0 Å². The van der Waals surface area contributed by atoms with Gasteiger partial charge in [0.15, 0.2) is 0 Å². The van der Waals surface area contributed by atoms with Crippen molar-refractivity contribution in [1.29, 1.82) is 0 Å². The molecule has 10 heteroatoms. The van der Waals surface area contributed by atoms with E-state index in [0.717, 1.165) is 5.56 Å². The second-order valence-corrected chi connectivity index (χ2v) is 9.12. The summed E-state index contributed by atoms with van der Waals surface area (Å²) in [6, 6.07) is 17.3. The molecule has 9 nitrogen and oxygen atoms in total. The molecule has 0 saturated heterocycles. The molecule has 172 valence electrons. The molecule has 0 aliphatic heterocycles. The predicted molar refractivity (Wildman–Crippen MR) is 127 cm³/mol. The van der Waals surface area contributed by atoms with E-state index < -0.39 is 20.9 Å². The van der Waals surface area contributed by atoms with E-state index in [9.17, 15) is 23.3 Å². The Morgan fingerprint density at radius 3 is 2.33 bits per heavy atom. The third kappa shape index (κ3) is 6.30. The molecule has 0 atom stereocenters. The lowest BCUT2D eigenvalue weighted by atomic mass is 10.1. The molecule has 0 aliphatic rings. The standard InChI is InChI=1S/C23H24N4O5S/c1-16-4-3-5-19(14-16)26-33(31,32)21-11-6-17(2)22(15-21)23(28)25-13-12-24-18-7-9-20(10-8-18)27(29)30/h3-11,14-15,24,26H,12-13H2,1-2H3,(H,25,28). The van der Waals surface area contributed by atoms with E-state index in [1.165, 1.54) is 24.3 Å². The number of benzene rings is 3. The second-order valence-electron chi connectivity index (χ2n) is 7.44. The Morgan fingerprint density at radius 2 is 1.67 bits per heavy atom. The summed E-state index contributed by atoms with van der Waals surface area (Å²) in [7, 11) is -3.86. The van der Waals surface area contributed by atoms with Gasteiger partial charge < -0.3 is 10.6 Å². The van der Waals surface area contributed by atoms with Crippen molar-refractivity contribution in [2.75, 3.05) is 23.1 Å². The van der Waals surface area contributed by atoms with E-state index >= 15 is 0 Å². The van der Waals surface area contributed by atoms with E-state index in [2.05, 4.69) is 15.4 Å². The molecule has 33 heavy (non-hydrogen) atoms. The van der Waals surface area contributed by atoms with E-state index in [0.29, 0.717) is 23.5 Å². The molecule has 0 aromatic heterocycles. The van der Waals surface area contributed by atoms with Crippen molar-refractivity contribution >= 4 is 33.0 Å². The minimum absolute atomic E-state index is 0.00366. The highest BCUT2D eigenvalue weighted by molar-refractivity contribution is 7.92. The minimum atomic E-state index is -3.86. The zero-order chi connectivity index (χ0) is 24.0. The number of nitrogens with one attached hydrogen (secondary N) is 3. The minimum Gasteiger partial charge on any atom is -0.383 e. The van der Waals surface area contributed by atoms with Crippen LogP contribution < -0.4 is 15.4 Å². The fourth-order valence-electron chi connectivity index (χ4n) is 3.11. The highest BCUT2D eigenvalue weighted by Gasteiger charge is 2.18. The number of amides is 1. The van der Waals surface area contributed by atoms with Crippen LogP contribution in [-0.2, 0) is 10.0 Å². The molecule has 0 aliphatic carbocycles. The van der Waals surface area contributed by atoms with E-state index in [-0.39, 0.29) is 22.7 Å². The maximum Gasteiger partial charge on any atom is 0.269 e. The number of non-ortho nitro benzene ring substituents is 1. The lowest BCUT2D eigenvalue weighted by Crippen LogP contribution is -2.29. The Morgan fingerprint density at radius 1 is 0.939 bits per heavy atom. The highest BCUT2D eigenvalue weighted by atomic mass is 32.2. The summed E-state index contributed by atoms with van der Waals surface area (Å²) >= 11 is 0. The number of rotatable bonds is 9. The van der Waals surface area contributed by atoms with Gasteiger partial charge in [-0.1, -0.05) is 18.2 Å². The van der Waals surface area contributed by atoms with Crippen LogP contribution in [0, 0.1) is 24.0 Å². The van der Waals surface area contributed by atoms with Gasteiger partial charge in [-0.2, -0.15) is 0 Å². The zero-order valence-electron chi connectivity index (χ0n) is 18.2. The van der Waals surface area contributed by atoms with Crippen molar-refractivity contribution in [3.63, 3.8) is 0 Å². The average molecular weight is 469 g/mol. The first-order chi connectivity index (χ1) is 15.7. The number of nitro groups is 1. The van der Waals surface area contributed by atoms with Gasteiger partial charge in [0.2, 0.25) is 0 Å². The summed E-state index contributed by atoms with van der Waals surface area (Å²) in [5, 5.41) is 16.5. The van der Waals surface area contributed by atoms with Crippen molar-refractivity contribution in [2.24, 2.45) is 0 Å². The van der Waals surface area contributed by atoms with E-state index in [1.807, 2.05) is 13.0 Å². The first-order valence-electron chi connectivity index (χ1n) is 10.1. The summed E-state index contributed by atoms with van der Waals surface area (Å²) in [6.45, 7) is 4.25. The summed E-state index contributed by atoms with van der Waals surface area (Å²) in [5.74, 6) is -0.398. The number of nitro benzene ring substituents is 1. The molecule has 0 spiro atoms. The van der Waals surface area contributed by atoms with Crippen LogP contribution in [0.15, 0.2) is 71.6 Å². The summed E-state index contributed by atoms with van der Waals surface area (Å²) in [5.41, 5.74) is 2.94. The Kier molecular flexibility index (Phi) is 7.29. The topological polar surface area (TPSA) is 130 Å². The Bertz CT molecular complexity index is 1270. The van der Waals surface area contributed by atoms with E-state index in [1.54, 1.807) is 43.3 Å². The number of hydrogen-bond donors (Lipinski definition) is 3. The molecular formula is C23H24N4O5S. The molecule has 0 fully saturated rings. The average Bonchev–Trinajstić information content (AvgIpc) is 2.76. The van der Waals surface area contributed by atoms with Gasteiger partial charge in [0.25, 0.3) is 21.6 Å². The molecule has 3 aromatic carbocycles. The fourth-order valence-corrected chi connectivity index (χ4v) is 4.19. The van der Waals surface area contributed by atoms with Gasteiger partial charge in [-0.15, -0.1) is 0 Å². The number of aryl methyl sites for hydroxylation is 2. The van der Waals surface area contributed by atoms with Gasteiger partial charge in [0, 0.05) is 42.2 Å². The Hall–Kier alpha value is -3.92. The number of carbonyl (C=O) groups excluding carboxylic acids is 1. The predicted octanol–water partition coefficient (Wildman–Crippen LogP) is 3.85. The van der Waals surface area contributed by atoms with Crippen molar-refractivity contribution in [3.8, 4) is 0 Å². The first kappa shape index (κ1) is 23.7. The van der Waals surface area contributed by atoms with Crippen LogP contribution in [0.3, 0.4) is 0 Å². The molecule has 3 N–H and O–H groups in total. The molecular weight excluding hydrogens is 444 g/mol. The van der Waals surface area contributed by atoms with Gasteiger partial charge >= 0.3 is 0 Å². The van der Waals surface area contributed by atoms with Crippen molar-refractivity contribution in [2.45, 2.75) is 18.7 Å². The fraction of sp³-hybridized carbons (Fsp3) is 0.174. The third-order valence-electron chi connectivity index (χ3n) is 4.85. The van der Waals surface area contributed by atoms with Crippen molar-refractivity contribution in [3.05, 3.63) is 93.5 Å². The summed E-state index contributed by atoms with van der Waals surface area (Å²) in [4.78, 5) is 22.9. The lowest BCUT2D eigenvalue weighted by molar-refractivity contribution is -0.384. The first-order valence-corrected chi connectivity index (χ1v) is 11.6. The van der Waals surface area contributed by atoms with Crippen molar-refractivity contribution in [1.82, 2.24) is 5.32 Å². The third-order valence-corrected chi connectivity index (χ3v) is 6.23. The quantitative estimate of drug-likeness (QED) is 0.248. The number of carbonyl (C=O) groups is 1. The largest absolute Gasteiger partial charge is 0.383 e. The number of sulfonamides is 1. The van der Waals surface area contributed by atoms with Gasteiger partial charge in [0.05, 0.1) is 9.82 Å². The smallest absolute Gasteiger partial charge is 0.269 e. The summed E-state index contributed by atoms with van der Waals surface area (Å²) < 4.78 is 28.1. The molecule has 0 saturated carbocycles. The second kappa shape index (κ2) is 10.1. The van der Waals surface area contributed by atoms with Crippen molar-refractivity contribution < 1.29 is 18.1 Å².